The zero-order valence-electron chi connectivity index (χ0n) is 14.1. The molecule has 2 N–H and O–H groups in total. The van der Waals surface area contributed by atoms with Gasteiger partial charge in [-0.05, 0) is 49.9 Å². The predicted molar refractivity (Wildman–Crippen MR) is 93.7 cm³/mol. The van der Waals surface area contributed by atoms with Gasteiger partial charge in [0.05, 0.1) is 23.1 Å². The fourth-order valence-electron chi connectivity index (χ4n) is 3.50. The van der Waals surface area contributed by atoms with Crippen molar-refractivity contribution in [3.8, 4) is 0 Å². The van der Waals surface area contributed by atoms with E-state index in [1.807, 2.05) is 0 Å². The maximum absolute atomic E-state index is 13.8. The van der Waals surface area contributed by atoms with Gasteiger partial charge in [0.1, 0.15) is 11.6 Å². The van der Waals surface area contributed by atoms with Crippen molar-refractivity contribution in [3.05, 3.63) is 58.6 Å². The van der Waals surface area contributed by atoms with E-state index in [1.165, 1.54) is 17.3 Å². The zero-order chi connectivity index (χ0) is 18.1. The van der Waals surface area contributed by atoms with E-state index in [0.717, 1.165) is 62.3 Å². The molecule has 0 atom stereocenters. The van der Waals surface area contributed by atoms with Gasteiger partial charge in [0.15, 0.2) is 5.82 Å². The van der Waals surface area contributed by atoms with Crippen LogP contribution in [0.4, 0.5) is 14.6 Å². The molecule has 134 valence electrons. The minimum Gasteiger partial charge on any atom is -0.312 e. The highest BCUT2D eigenvalue weighted by Gasteiger charge is 2.22. The van der Waals surface area contributed by atoms with Crippen LogP contribution < -0.4 is 10.6 Å². The van der Waals surface area contributed by atoms with Gasteiger partial charge in [0.2, 0.25) is 0 Å². The first-order valence-corrected chi connectivity index (χ1v) is 8.66. The molecular formula is C19H18F2N4O. The van der Waals surface area contributed by atoms with Crippen LogP contribution in [0, 0.1) is 11.6 Å². The second-order valence-corrected chi connectivity index (χ2v) is 6.49. The molecule has 0 radical (unpaired) electrons. The number of nitrogens with zero attached hydrogens (tertiary/aromatic N) is 2. The van der Waals surface area contributed by atoms with Gasteiger partial charge < -0.3 is 10.6 Å². The standard InChI is InChI=1S/C19H18F2N4O/c20-12-4-5-13(15(21)8-12)19(26)25-17-10-23-18-14-9-22-7-6-11(14)2-1-3-16(18)24-17/h4-5,8,10,22H,1-3,6-7,9H2,(H,24,25,26). The van der Waals surface area contributed by atoms with Crippen LogP contribution in [0.25, 0.3) is 5.57 Å². The topological polar surface area (TPSA) is 66.9 Å². The highest BCUT2D eigenvalue weighted by Crippen LogP contribution is 2.31. The fourth-order valence-corrected chi connectivity index (χ4v) is 3.50. The number of anilines is 1. The highest BCUT2D eigenvalue weighted by molar-refractivity contribution is 6.03. The summed E-state index contributed by atoms with van der Waals surface area (Å²) in [5.41, 5.74) is 4.14. The SMILES string of the molecule is O=C(Nc1cnc2c(n1)CCCC1=C2CNCC1)c1ccc(F)cc1F. The van der Waals surface area contributed by atoms with Gasteiger partial charge >= 0.3 is 0 Å². The lowest BCUT2D eigenvalue weighted by Gasteiger charge is -2.20. The Kier molecular flexibility index (Phi) is 4.46. The van der Waals surface area contributed by atoms with Crippen molar-refractivity contribution in [1.82, 2.24) is 15.3 Å². The van der Waals surface area contributed by atoms with Crippen LogP contribution in [0.2, 0.25) is 0 Å². The third-order valence-corrected chi connectivity index (χ3v) is 4.77. The molecule has 2 aliphatic rings. The number of amides is 1. The molecule has 1 aromatic carbocycles. The first-order chi connectivity index (χ1) is 12.6. The number of carbonyl (C=O) groups excluding carboxylic acids is 1. The van der Waals surface area contributed by atoms with Crippen molar-refractivity contribution in [3.63, 3.8) is 0 Å². The lowest BCUT2D eigenvalue weighted by atomic mass is 9.97. The molecule has 1 amide bonds. The van der Waals surface area contributed by atoms with Crippen LogP contribution in [-0.4, -0.2) is 29.0 Å². The Hall–Kier alpha value is -2.67. The summed E-state index contributed by atoms with van der Waals surface area (Å²) in [6.45, 7) is 1.77. The smallest absolute Gasteiger partial charge is 0.259 e. The monoisotopic (exact) mass is 356 g/mol. The molecule has 2 heterocycles. The van der Waals surface area contributed by atoms with E-state index < -0.39 is 17.5 Å². The van der Waals surface area contributed by atoms with Crippen LogP contribution in [0.5, 0.6) is 0 Å². The maximum Gasteiger partial charge on any atom is 0.259 e. The second kappa shape index (κ2) is 6.92. The van der Waals surface area contributed by atoms with Gasteiger partial charge in [-0.1, -0.05) is 5.57 Å². The van der Waals surface area contributed by atoms with Gasteiger partial charge in [0, 0.05) is 12.6 Å². The van der Waals surface area contributed by atoms with Gasteiger partial charge in [-0.15, -0.1) is 0 Å². The van der Waals surface area contributed by atoms with E-state index >= 15 is 0 Å². The molecule has 1 aliphatic carbocycles. The van der Waals surface area contributed by atoms with Gasteiger partial charge in [-0.25, -0.2) is 13.8 Å². The lowest BCUT2D eigenvalue weighted by Crippen LogP contribution is -2.25. The number of hydrogen-bond acceptors (Lipinski definition) is 4. The summed E-state index contributed by atoms with van der Waals surface area (Å²) in [4.78, 5) is 21.3. The number of benzene rings is 1. The van der Waals surface area contributed by atoms with E-state index in [2.05, 4.69) is 20.6 Å². The van der Waals surface area contributed by atoms with Crippen molar-refractivity contribution in [2.45, 2.75) is 25.7 Å². The lowest BCUT2D eigenvalue weighted by molar-refractivity contribution is 0.102. The minimum atomic E-state index is -0.909. The van der Waals surface area contributed by atoms with Crippen LogP contribution in [0.1, 0.15) is 41.0 Å². The summed E-state index contributed by atoms with van der Waals surface area (Å²) < 4.78 is 26.8. The molecule has 4 rings (SSSR count). The summed E-state index contributed by atoms with van der Waals surface area (Å²) in [7, 11) is 0. The molecule has 7 heteroatoms. The van der Waals surface area contributed by atoms with Crippen molar-refractivity contribution in [2.24, 2.45) is 0 Å². The first-order valence-electron chi connectivity index (χ1n) is 8.66. The summed E-state index contributed by atoms with van der Waals surface area (Å²) in [5.74, 6) is -2.04. The number of nitrogens with one attached hydrogen (secondary N) is 2. The molecule has 0 saturated heterocycles. The van der Waals surface area contributed by atoms with Gasteiger partial charge in [-0.3, -0.25) is 9.78 Å². The van der Waals surface area contributed by atoms with Gasteiger partial charge in [-0.2, -0.15) is 0 Å². The van der Waals surface area contributed by atoms with E-state index in [9.17, 15) is 13.6 Å². The minimum absolute atomic E-state index is 0.232. The molecule has 0 saturated carbocycles. The summed E-state index contributed by atoms with van der Waals surface area (Å²) in [6.07, 6.45) is 5.33. The second-order valence-electron chi connectivity index (χ2n) is 6.49. The van der Waals surface area contributed by atoms with E-state index in [-0.39, 0.29) is 11.4 Å². The van der Waals surface area contributed by atoms with Gasteiger partial charge in [0.25, 0.3) is 5.91 Å². The molecule has 26 heavy (non-hydrogen) atoms. The molecule has 0 unspecified atom stereocenters. The van der Waals surface area contributed by atoms with Crippen LogP contribution in [0.15, 0.2) is 30.0 Å². The van der Waals surface area contributed by atoms with Crippen molar-refractivity contribution < 1.29 is 13.6 Å². The Morgan fingerprint density at radius 1 is 1.19 bits per heavy atom. The third kappa shape index (κ3) is 3.22. The summed E-state index contributed by atoms with van der Waals surface area (Å²) in [6, 6.07) is 2.84. The Balaban J connectivity index is 1.61. The van der Waals surface area contributed by atoms with E-state index in [0.29, 0.717) is 6.07 Å². The van der Waals surface area contributed by atoms with Crippen molar-refractivity contribution in [1.29, 1.82) is 0 Å². The number of rotatable bonds is 2. The number of halogens is 2. The number of aromatic nitrogens is 2. The van der Waals surface area contributed by atoms with E-state index in [4.69, 9.17) is 0 Å². The first kappa shape index (κ1) is 16.8. The Labute approximate surface area is 149 Å². The van der Waals surface area contributed by atoms with Crippen LogP contribution >= 0.6 is 0 Å². The molecule has 0 spiro atoms. The molecule has 5 nitrogen and oxygen atoms in total. The number of fused-ring (bicyclic) bond motifs is 2. The summed E-state index contributed by atoms with van der Waals surface area (Å²) in [5, 5.41) is 5.92. The molecule has 1 aromatic heterocycles. The van der Waals surface area contributed by atoms with Crippen molar-refractivity contribution >= 4 is 17.3 Å². The molecule has 1 aliphatic heterocycles. The van der Waals surface area contributed by atoms with E-state index in [1.54, 1.807) is 0 Å². The van der Waals surface area contributed by atoms with Crippen LogP contribution in [0.3, 0.4) is 0 Å². The highest BCUT2D eigenvalue weighted by atomic mass is 19.1. The molecule has 0 bridgehead atoms. The fraction of sp³-hybridized carbons (Fsp3) is 0.316. The molecular weight excluding hydrogens is 338 g/mol. The predicted octanol–water partition coefficient (Wildman–Crippen LogP) is 3.09. The maximum atomic E-state index is 13.8. The quantitative estimate of drug-likeness (QED) is 0.868. The Morgan fingerprint density at radius 2 is 2.08 bits per heavy atom. The zero-order valence-corrected chi connectivity index (χ0v) is 14.1. The number of carbonyl (C=O) groups is 1. The molecule has 0 fully saturated rings. The third-order valence-electron chi connectivity index (χ3n) is 4.77. The van der Waals surface area contributed by atoms with Crippen LogP contribution in [-0.2, 0) is 6.42 Å². The number of aryl methyl sites for hydroxylation is 1. The average Bonchev–Trinajstić information content (AvgIpc) is 2.80. The number of hydrogen-bond donors (Lipinski definition) is 2. The summed E-state index contributed by atoms with van der Waals surface area (Å²) >= 11 is 0. The largest absolute Gasteiger partial charge is 0.312 e. The van der Waals surface area contributed by atoms with Crippen molar-refractivity contribution in [2.75, 3.05) is 18.4 Å². The Bertz CT molecular complexity index is 910. The normalized spacial score (nSPS) is 16.5. The Morgan fingerprint density at radius 3 is 2.92 bits per heavy atom. The average molecular weight is 356 g/mol. The molecule has 2 aromatic rings.